The quantitative estimate of drug-likeness (QED) is 0.855. The minimum Gasteiger partial charge on any atom is -0.397 e. The van der Waals surface area contributed by atoms with Crippen LogP contribution in [0.25, 0.3) is 0 Å². The Morgan fingerprint density at radius 1 is 1.58 bits per heavy atom. The maximum atomic E-state index is 12.0. The van der Waals surface area contributed by atoms with Gasteiger partial charge in [0.2, 0.25) is 0 Å². The van der Waals surface area contributed by atoms with Crippen molar-refractivity contribution in [3.8, 4) is 0 Å². The van der Waals surface area contributed by atoms with E-state index in [2.05, 4.69) is 24.1 Å². The maximum Gasteiger partial charge on any atom is 0.267 e. The van der Waals surface area contributed by atoms with Crippen molar-refractivity contribution in [1.29, 1.82) is 0 Å². The molecule has 1 saturated heterocycles. The van der Waals surface area contributed by atoms with Gasteiger partial charge in [0.05, 0.1) is 5.69 Å². The molecular formula is C14H24N4O. The van der Waals surface area contributed by atoms with Crippen molar-refractivity contribution in [2.75, 3.05) is 25.4 Å². The summed E-state index contributed by atoms with van der Waals surface area (Å²) < 4.78 is 1.76. The number of amides is 1. The van der Waals surface area contributed by atoms with Gasteiger partial charge in [-0.25, -0.2) is 0 Å². The second-order valence-corrected chi connectivity index (χ2v) is 5.72. The van der Waals surface area contributed by atoms with Gasteiger partial charge in [-0.1, -0.05) is 0 Å². The molecule has 1 atom stereocenters. The van der Waals surface area contributed by atoms with Gasteiger partial charge in [0.25, 0.3) is 5.91 Å². The van der Waals surface area contributed by atoms with Crippen LogP contribution in [0.4, 0.5) is 5.69 Å². The van der Waals surface area contributed by atoms with Gasteiger partial charge in [0, 0.05) is 32.4 Å². The van der Waals surface area contributed by atoms with E-state index in [4.69, 9.17) is 5.73 Å². The van der Waals surface area contributed by atoms with Crippen LogP contribution in [0.5, 0.6) is 0 Å². The normalized spacial score (nSPS) is 20.1. The lowest BCUT2D eigenvalue weighted by atomic mass is 10.1. The van der Waals surface area contributed by atoms with E-state index in [-0.39, 0.29) is 5.91 Å². The summed E-state index contributed by atoms with van der Waals surface area (Å²) in [6.07, 6.45) is 2.92. The largest absolute Gasteiger partial charge is 0.397 e. The highest BCUT2D eigenvalue weighted by Gasteiger charge is 2.24. The number of nitrogens with zero attached hydrogens (tertiary/aromatic N) is 2. The Balaban J connectivity index is 1.83. The number of anilines is 1. The van der Waals surface area contributed by atoms with Gasteiger partial charge in [0.15, 0.2) is 0 Å². The van der Waals surface area contributed by atoms with Crippen LogP contribution in [0.15, 0.2) is 12.3 Å². The summed E-state index contributed by atoms with van der Waals surface area (Å²) in [6, 6.07) is 2.30. The van der Waals surface area contributed by atoms with E-state index in [1.54, 1.807) is 16.8 Å². The van der Waals surface area contributed by atoms with Crippen molar-refractivity contribution >= 4 is 11.6 Å². The molecule has 5 heteroatoms. The summed E-state index contributed by atoms with van der Waals surface area (Å²) in [5.74, 6) is 0.520. The Bertz CT molecular complexity index is 452. The van der Waals surface area contributed by atoms with Crippen molar-refractivity contribution in [2.45, 2.75) is 26.3 Å². The van der Waals surface area contributed by atoms with E-state index < -0.39 is 0 Å². The summed E-state index contributed by atoms with van der Waals surface area (Å²) in [5.41, 5.74) is 6.93. The first-order valence-corrected chi connectivity index (χ1v) is 6.91. The average molecular weight is 264 g/mol. The lowest BCUT2D eigenvalue weighted by molar-refractivity contribution is 0.0939. The zero-order chi connectivity index (χ0) is 14.0. The summed E-state index contributed by atoms with van der Waals surface area (Å²) in [5, 5.41) is 3.01. The third-order valence-corrected chi connectivity index (χ3v) is 3.86. The van der Waals surface area contributed by atoms with Gasteiger partial charge in [0.1, 0.15) is 5.69 Å². The second-order valence-electron chi connectivity index (χ2n) is 5.72. The van der Waals surface area contributed by atoms with Crippen LogP contribution in [0.2, 0.25) is 0 Å². The first-order chi connectivity index (χ1) is 8.97. The highest BCUT2D eigenvalue weighted by atomic mass is 16.1. The molecule has 1 aromatic heterocycles. The molecule has 3 N–H and O–H groups in total. The van der Waals surface area contributed by atoms with Crippen molar-refractivity contribution in [2.24, 2.45) is 13.0 Å². The number of nitrogen functional groups attached to an aromatic ring is 1. The minimum atomic E-state index is -0.0396. The standard InChI is InChI=1S/C14H24N4O/c1-10(2)18-5-4-11(8-18)7-16-14(19)13-6-12(15)9-17(13)3/h6,9-11H,4-5,7-8,15H2,1-3H3,(H,16,19). The fourth-order valence-corrected chi connectivity index (χ4v) is 2.64. The molecule has 1 amide bonds. The fraction of sp³-hybridized carbons (Fsp3) is 0.643. The number of hydrogen-bond donors (Lipinski definition) is 2. The third-order valence-electron chi connectivity index (χ3n) is 3.86. The Morgan fingerprint density at radius 2 is 2.32 bits per heavy atom. The van der Waals surface area contributed by atoms with E-state index in [9.17, 15) is 4.79 Å². The van der Waals surface area contributed by atoms with Gasteiger partial charge in [-0.05, 0) is 38.8 Å². The van der Waals surface area contributed by atoms with E-state index in [0.717, 1.165) is 26.1 Å². The van der Waals surface area contributed by atoms with Gasteiger partial charge < -0.3 is 20.5 Å². The zero-order valence-corrected chi connectivity index (χ0v) is 12.0. The first-order valence-electron chi connectivity index (χ1n) is 6.91. The van der Waals surface area contributed by atoms with Crippen molar-refractivity contribution in [3.05, 3.63) is 18.0 Å². The molecule has 0 spiro atoms. The summed E-state index contributed by atoms with van der Waals surface area (Å²) in [4.78, 5) is 14.5. The van der Waals surface area contributed by atoms with E-state index in [1.165, 1.54) is 0 Å². The number of carbonyl (C=O) groups excluding carboxylic acids is 1. The molecule has 1 fully saturated rings. The Hall–Kier alpha value is -1.49. The molecular weight excluding hydrogens is 240 g/mol. The topological polar surface area (TPSA) is 63.3 Å². The molecule has 1 aromatic rings. The Labute approximate surface area is 114 Å². The number of carbonyl (C=O) groups is 1. The highest BCUT2D eigenvalue weighted by molar-refractivity contribution is 5.93. The van der Waals surface area contributed by atoms with Crippen molar-refractivity contribution < 1.29 is 4.79 Å². The van der Waals surface area contributed by atoms with Crippen LogP contribution in [0, 0.1) is 5.92 Å². The predicted octanol–water partition coefficient (Wildman–Crippen LogP) is 1.07. The molecule has 0 radical (unpaired) electrons. The minimum absolute atomic E-state index is 0.0396. The SMILES string of the molecule is CC(C)N1CCC(CNC(=O)c2cc(N)cn2C)C1. The molecule has 0 aliphatic carbocycles. The molecule has 1 unspecified atom stereocenters. The number of aryl methyl sites for hydroxylation is 1. The lowest BCUT2D eigenvalue weighted by Gasteiger charge is -2.20. The van der Waals surface area contributed by atoms with Crippen LogP contribution < -0.4 is 11.1 Å². The number of rotatable bonds is 4. The molecule has 5 nitrogen and oxygen atoms in total. The van der Waals surface area contributed by atoms with Crippen molar-refractivity contribution in [1.82, 2.24) is 14.8 Å². The van der Waals surface area contributed by atoms with Crippen LogP contribution >= 0.6 is 0 Å². The molecule has 0 aromatic carbocycles. The second kappa shape index (κ2) is 5.65. The Kier molecular flexibility index (Phi) is 4.14. The number of likely N-dealkylation sites (tertiary alicyclic amines) is 1. The predicted molar refractivity (Wildman–Crippen MR) is 77.0 cm³/mol. The zero-order valence-electron chi connectivity index (χ0n) is 12.0. The third kappa shape index (κ3) is 3.29. The molecule has 106 valence electrons. The van der Waals surface area contributed by atoms with Crippen LogP contribution in [0.3, 0.4) is 0 Å². The number of hydrogen-bond acceptors (Lipinski definition) is 3. The number of nitrogens with two attached hydrogens (primary N) is 1. The maximum absolute atomic E-state index is 12.0. The van der Waals surface area contributed by atoms with Gasteiger partial charge in [-0.2, -0.15) is 0 Å². The lowest BCUT2D eigenvalue weighted by Crippen LogP contribution is -2.33. The smallest absolute Gasteiger partial charge is 0.267 e. The summed E-state index contributed by atoms with van der Waals surface area (Å²) in [7, 11) is 1.83. The van der Waals surface area contributed by atoms with Crippen molar-refractivity contribution in [3.63, 3.8) is 0 Å². The van der Waals surface area contributed by atoms with Gasteiger partial charge in [-0.15, -0.1) is 0 Å². The molecule has 19 heavy (non-hydrogen) atoms. The summed E-state index contributed by atoms with van der Waals surface area (Å²) in [6.45, 7) is 7.39. The monoisotopic (exact) mass is 264 g/mol. The molecule has 1 aliphatic heterocycles. The summed E-state index contributed by atoms with van der Waals surface area (Å²) >= 11 is 0. The number of nitrogens with one attached hydrogen (secondary N) is 1. The van der Waals surface area contributed by atoms with Crippen LogP contribution in [0.1, 0.15) is 30.8 Å². The fourth-order valence-electron chi connectivity index (χ4n) is 2.64. The average Bonchev–Trinajstić information content (AvgIpc) is 2.93. The Morgan fingerprint density at radius 3 is 2.84 bits per heavy atom. The molecule has 0 bridgehead atoms. The van der Waals surface area contributed by atoms with Crippen LogP contribution in [-0.4, -0.2) is 41.1 Å². The molecule has 2 rings (SSSR count). The van der Waals surface area contributed by atoms with E-state index in [0.29, 0.717) is 23.3 Å². The first kappa shape index (κ1) is 13.9. The van der Waals surface area contributed by atoms with Gasteiger partial charge in [-0.3, -0.25) is 4.79 Å². The van der Waals surface area contributed by atoms with Crippen LogP contribution in [-0.2, 0) is 7.05 Å². The molecule has 1 aliphatic rings. The number of aromatic nitrogens is 1. The highest BCUT2D eigenvalue weighted by Crippen LogP contribution is 2.18. The van der Waals surface area contributed by atoms with E-state index >= 15 is 0 Å². The molecule has 2 heterocycles. The van der Waals surface area contributed by atoms with E-state index in [1.807, 2.05) is 7.05 Å². The van der Waals surface area contributed by atoms with Gasteiger partial charge >= 0.3 is 0 Å². The molecule has 0 saturated carbocycles.